The normalized spacial score (nSPS) is 11.0. The van der Waals surface area contributed by atoms with Crippen LogP contribution >= 0.6 is 0 Å². The van der Waals surface area contributed by atoms with Gasteiger partial charge in [-0.3, -0.25) is 30.0 Å². The topological polar surface area (TPSA) is 118 Å². The molecule has 2 heterocycles. The molecule has 0 spiro atoms. The Hall–Kier alpha value is -4.14. The molecule has 0 bridgehead atoms. The highest BCUT2D eigenvalue weighted by Crippen LogP contribution is 2.20. The fourth-order valence-electron chi connectivity index (χ4n) is 3.51. The van der Waals surface area contributed by atoms with E-state index >= 15 is 0 Å². The maximum Gasteiger partial charge on any atom is 0.316 e. The number of nitrogens with zero attached hydrogens (tertiary/aromatic N) is 2. The summed E-state index contributed by atoms with van der Waals surface area (Å²) >= 11 is 0. The second kappa shape index (κ2) is 7.36. The molecule has 2 aromatic heterocycles. The minimum absolute atomic E-state index is 0.220. The number of carbonyl (C=O) groups is 2. The number of rotatable bonds is 3. The van der Waals surface area contributed by atoms with Gasteiger partial charge in [0.25, 0.3) is 11.8 Å². The summed E-state index contributed by atoms with van der Waals surface area (Å²) in [5.74, 6) is -1.00. The van der Waals surface area contributed by atoms with Gasteiger partial charge in [-0.05, 0) is 31.2 Å². The number of aromatic amines is 1. The Bertz CT molecular complexity index is 1430. The SMILES string of the molecule is CCn1c(=O)c(=O)[nH]c2cc(C(=O)NNC(=O)c3cn(C)c4ccccc34)ccc21. The third kappa shape index (κ3) is 3.16. The average Bonchev–Trinajstić information content (AvgIpc) is 3.09. The first kappa shape index (κ1) is 19.2. The first-order chi connectivity index (χ1) is 14.4. The molecule has 0 saturated heterocycles. The Morgan fingerprint density at radius 3 is 2.50 bits per heavy atom. The lowest BCUT2D eigenvalue weighted by Gasteiger charge is -2.10. The summed E-state index contributed by atoms with van der Waals surface area (Å²) in [6, 6.07) is 12.0. The van der Waals surface area contributed by atoms with Crippen LogP contribution in [-0.2, 0) is 13.6 Å². The summed E-state index contributed by atoms with van der Waals surface area (Å²) in [5.41, 5.74) is 5.81. The van der Waals surface area contributed by atoms with E-state index in [1.165, 1.54) is 16.7 Å². The molecule has 0 aliphatic heterocycles. The largest absolute Gasteiger partial charge is 0.350 e. The van der Waals surface area contributed by atoms with Gasteiger partial charge in [-0.2, -0.15) is 0 Å². The highest BCUT2D eigenvalue weighted by molar-refractivity contribution is 6.08. The van der Waals surface area contributed by atoms with Crippen molar-refractivity contribution in [1.29, 1.82) is 0 Å². The van der Waals surface area contributed by atoms with Crippen LogP contribution in [0.15, 0.2) is 58.3 Å². The molecule has 9 nitrogen and oxygen atoms in total. The summed E-state index contributed by atoms with van der Waals surface area (Å²) in [4.78, 5) is 51.3. The number of amides is 2. The Balaban J connectivity index is 1.57. The molecule has 152 valence electrons. The lowest BCUT2D eigenvalue weighted by atomic mass is 10.1. The minimum Gasteiger partial charge on any atom is -0.350 e. The van der Waals surface area contributed by atoms with Crippen LogP contribution in [0.1, 0.15) is 27.6 Å². The van der Waals surface area contributed by atoms with Gasteiger partial charge in [0.2, 0.25) is 0 Å². The predicted octanol–water partition coefficient (Wildman–Crippen LogP) is 1.28. The van der Waals surface area contributed by atoms with Crippen molar-refractivity contribution in [2.75, 3.05) is 0 Å². The quantitative estimate of drug-likeness (QED) is 0.351. The summed E-state index contributed by atoms with van der Waals surface area (Å²) < 4.78 is 3.16. The van der Waals surface area contributed by atoms with E-state index in [1.807, 2.05) is 35.9 Å². The van der Waals surface area contributed by atoms with Crippen LogP contribution in [0.2, 0.25) is 0 Å². The van der Waals surface area contributed by atoms with Gasteiger partial charge in [-0.15, -0.1) is 0 Å². The second-order valence-electron chi connectivity index (χ2n) is 6.81. The van der Waals surface area contributed by atoms with Crippen molar-refractivity contribution < 1.29 is 9.59 Å². The molecule has 30 heavy (non-hydrogen) atoms. The fourth-order valence-corrected chi connectivity index (χ4v) is 3.51. The molecular weight excluding hydrogens is 386 g/mol. The van der Waals surface area contributed by atoms with Crippen molar-refractivity contribution in [2.24, 2.45) is 7.05 Å². The number of carbonyl (C=O) groups excluding carboxylic acids is 2. The zero-order valence-electron chi connectivity index (χ0n) is 16.4. The number of hydrogen-bond donors (Lipinski definition) is 3. The van der Waals surface area contributed by atoms with Gasteiger partial charge in [0.1, 0.15) is 0 Å². The van der Waals surface area contributed by atoms with Gasteiger partial charge in [-0.1, -0.05) is 18.2 Å². The van der Waals surface area contributed by atoms with E-state index in [2.05, 4.69) is 15.8 Å². The molecule has 0 fully saturated rings. The van der Waals surface area contributed by atoms with Crippen LogP contribution in [0.5, 0.6) is 0 Å². The highest BCUT2D eigenvalue weighted by Gasteiger charge is 2.15. The molecule has 0 atom stereocenters. The molecule has 0 radical (unpaired) electrons. The van der Waals surface area contributed by atoms with Crippen LogP contribution in [0.3, 0.4) is 0 Å². The average molecular weight is 405 g/mol. The molecule has 4 aromatic rings. The number of hydrogen-bond acceptors (Lipinski definition) is 4. The van der Waals surface area contributed by atoms with Crippen molar-refractivity contribution >= 4 is 33.8 Å². The molecule has 2 aromatic carbocycles. The van der Waals surface area contributed by atoms with E-state index in [9.17, 15) is 19.2 Å². The highest BCUT2D eigenvalue weighted by atomic mass is 16.2. The smallest absolute Gasteiger partial charge is 0.316 e. The third-order valence-corrected chi connectivity index (χ3v) is 4.98. The Kier molecular flexibility index (Phi) is 4.71. The summed E-state index contributed by atoms with van der Waals surface area (Å²) in [6.45, 7) is 2.08. The lowest BCUT2D eigenvalue weighted by Crippen LogP contribution is -2.41. The number of para-hydroxylation sites is 1. The van der Waals surface area contributed by atoms with E-state index in [-0.39, 0.29) is 5.56 Å². The van der Waals surface area contributed by atoms with Gasteiger partial charge in [0, 0.05) is 36.3 Å². The molecule has 9 heteroatoms. The van der Waals surface area contributed by atoms with Crippen LogP contribution in [0.25, 0.3) is 21.9 Å². The van der Waals surface area contributed by atoms with Gasteiger partial charge < -0.3 is 14.1 Å². The molecular formula is C21H19N5O4. The third-order valence-electron chi connectivity index (χ3n) is 4.98. The molecule has 3 N–H and O–H groups in total. The summed E-state index contributed by atoms with van der Waals surface area (Å²) in [5, 5.41) is 0.771. The standard InChI is InChI=1S/C21H19N5O4/c1-3-26-17-9-8-12(10-15(17)22-20(29)21(26)30)18(27)23-24-19(28)14-11-25(2)16-7-5-4-6-13(14)16/h4-11H,3H2,1-2H3,(H,22,29)(H,23,27)(H,24,28). The molecule has 2 amide bonds. The molecule has 0 saturated carbocycles. The molecule has 0 aliphatic rings. The molecule has 0 aliphatic carbocycles. The van der Waals surface area contributed by atoms with Gasteiger partial charge >= 0.3 is 11.1 Å². The molecule has 0 unspecified atom stereocenters. The Morgan fingerprint density at radius 2 is 1.73 bits per heavy atom. The van der Waals surface area contributed by atoms with E-state index in [0.29, 0.717) is 23.1 Å². The first-order valence-electron chi connectivity index (χ1n) is 9.32. The van der Waals surface area contributed by atoms with Crippen LogP contribution in [-0.4, -0.2) is 25.9 Å². The number of fused-ring (bicyclic) bond motifs is 2. The second-order valence-corrected chi connectivity index (χ2v) is 6.81. The lowest BCUT2D eigenvalue weighted by molar-refractivity contribution is 0.0847. The van der Waals surface area contributed by atoms with Crippen molar-refractivity contribution in [3.05, 3.63) is 80.5 Å². The number of aromatic nitrogens is 3. The maximum absolute atomic E-state index is 12.6. The van der Waals surface area contributed by atoms with Crippen LogP contribution in [0.4, 0.5) is 0 Å². The van der Waals surface area contributed by atoms with Crippen LogP contribution < -0.4 is 22.0 Å². The predicted molar refractivity (Wildman–Crippen MR) is 112 cm³/mol. The maximum atomic E-state index is 12.6. The van der Waals surface area contributed by atoms with Crippen molar-refractivity contribution in [3.63, 3.8) is 0 Å². The Morgan fingerprint density at radius 1 is 1.00 bits per heavy atom. The van der Waals surface area contributed by atoms with E-state index in [4.69, 9.17) is 0 Å². The van der Waals surface area contributed by atoms with E-state index in [0.717, 1.165) is 10.9 Å². The number of hydrazine groups is 1. The monoisotopic (exact) mass is 405 g/mol. The number of nitrogens with one attached hydrogen (secondary N) is 3. The van der Waals surface area contributed by atoms with Crippen molar-refractivity contribution in [2.45, 2.75) is 13.5 Å². The zero-order valence-corrected chi connectivity index (χ0v) is 16.4. The van der Waals surface area contributed by atoms with Gasteiger partial charge in [0.05, 0.1) is 16.6 Å². The summed E-state index contributed by atoms with van der Waals surface area (Å²) in [6.07, 6.45) is 1.69. The van der Waals surface area contributed by atoms with Crippen LogP contribution in [0, 0.1) is 0 Å². The summed E-state index contributed by atoms with van der Waals surface area (Å²) in [7, 11) is 1.84. The zero-order chi connectivity index (χ0) is 21.4. The van der Waals surface area contributed by atoms with E-state index < -0.39 is 22.9 Å². The fraction of sp³-hybridized carbons (Fsp3) is 0.143. The number of H-pyrrole nitrogens is 1. The molecule has 4 rings (SSSR count). The number of benzene rings is 2. The van der Waals surface area contributed by atoms with Crippen molar-refractivity contribution in [1.82, 2.24) is 25.0 Å². The Labute approximate surface area is 169 Å². The van der Waals surface area contributed by atoms with Gasteiger partial charge in [0.15, 0.2) is 0 Å². The first-order valence-corrected chi connectivity index (χ1v) is 9.32. The number of aryl methyl sites for hydroxylation is 2. The van der Waals surface area contributed by atoms with Gasteiger partial charge in [-0.25, -0.2) is 0 Å². The van der Waals surface area contributed by atoms with E-state index in [1.54, 1.807) is 19.2 Å². The minimum atomic E-state index is -0.758. The van der Waals surface area contributed by atoms with Crippen molar-refractivity contribution in [3.8, 4) is 0 Å².